The number of carbonyl (C=O) groups excluding carboxylic acids is 1. The summed E-state index contributed by atoms with van der Waals surface area (Å²) in [6.07, 6.45) is -0.0867. The van der Waals surface area contributed by atoms with Crippen LogP contribution in [0.1, 0.15) is 13.8 Å². The van der Waals surface area contributed by atoms with Crippen LogP contribution in [0.3, 0.4) is 0 Å². The van der Waals surface area contributed by atoms with Crippen molar-refractivity contribution < 1.29 is 14.3 Å². The Labute approximate surface area is 105 Å². The Balaban J connectivity index is 2.60. The molecule has 0 radical (unpaired) electrons. The van der Waals surface area contributed by atoms with Crippen LogP contribution in [0.5, 0.6) is 5.75 Å². The first-order chi connectivity index (χ1) is 8.02. The lowest BCUT2D eigenvalue weighted by atomic mass is 10.3. The maximum absolute atomic E-state index is 11.4. The third-order valence-electron chi connectivity index (χ3n) is 1.90. The van der Waals surface area contributed by atoms with Gasteiger partial charge in [0.15, 0.2) is 0 Å². The summed E-state index contributed by atoms with van der Waals surface area (Å²) in [6.45, 7) is 3.65. The molecule has 0 aliphatic carbocycles. The number of hydrogen-bond donors (Lipinski definition) is 1. The smallest absolute Gasteiger partial charge is 0.316 e. The molecule has 0 saturated carbocycles. The van der Waals surface area contributed by atoms with Gasteiger partial charge < -0.3 is 15.2 Å². The Morgan fingerprint density at radius 1 is 1.47 bits per heavy atom. The largest absolute Gasteiger partial charge is 0.496 e. The molecular formula is C12H17NO3S. The van der Waals surface area contributed by atoms with E-state index < -0.39 is 0 Å². The van der Waals surface area contributed by atoms with Gasteiger partial charge in [-0.1, -0.05) is 0 Å². The summed E-state index contributed by atoms with van der Waals surface area (Å²) < 4.78 is 10.2. The molecule has 94 valence electrons. The highest BCUT2D eigenvalue weighted by Crippen LogP contribution is 2.30. The summed E-state index contributed by atoms with van der Waals surface area (Å²) >= 11 is 1.38. The molecule has 1 aromatic carbocycles. The zero-order chi connectivity index (χ0) is 12.8. The number of methoxy groups -OCH3 is 1. The van der Waals surface area contributed by atoms with Gasteiger partial charge in [0.2, 0.25) is 0 Å². The van der Waals surface area contributed by atoms with Crippen molar-refractivity contribution in [3.05, 3.63) is 18.2 Å². The summed E-state index contributed by atoms with van der Waals surface area (Å²) in [5.74, 6) is 0.703. The van der Waals surface area contributed by atoms with E-state index >= 15 is 0 Å². The maximum atomic E-state index is 11.4. The van der Waals surface area contributed by atoms with Gasteiger partial charge in [0.05, 0.1) is 23.9 Å². The molecular weight excluding hydrogens is 238 g/mol. The normalized spacial score (nSPS) is 10.4. The number of rotatable bonds is 5. The quantitative estimate of drug-likeness (QED) is 0.497. The molecule has 0 atom stereocenters. The van der Waals surface area contributed by atoms with E-state index in [1.165, 1.54) is 11.8 Å². The highest BCUT2D eigenvalue weighted by molar-refractivity contribution is 8.00. The minimum Gasteiger partial charge on any atom is -0.496 e. The number of hydrogen-bond acceptors (Lipinski definition) is 5. The Morgan fingerprint density at radius 3 is 2.76 bits per heavy atom. The highest BCUT2D eigenvalue weighted by Gasteiger charge is 2.09. The molecule has 0 unspecified atom stereocenters. The first kappa shape index (κ1) is 13.7. The van der Waals surface area contributed by atoms with Crippen molar-refractivity contribution in [1.29, 1.82) is 0 Å². The van der Waals surface area contributed by atoms with E-state index in [1.807, 2.05) is 19.9 Å². The minimum atomic E-state index is -0.233. The zero-order valence-electron chi connectivity index (χ0n) is 10.2. The third-order valence-corrected chi connectivity index (χ3v) is 2.93. The molecule has 17 heavy (non-hydrogen) atoms. The number of anilines is 1. The van der Waals surface area contributed by atoms with Gasteiger partial charge in [-0.15, -0.1) is 11.8 Å². The second-order valence-electron chi connectivity index (χ2n) is 3.74. The molecule has 0 bridgehead atoms. The summed E-state index contributed by atoms with van der Waals surface area (Å²) in [5.41, 5.74) is 6.28. The van der Waals surface area contributed by atoms with Gasteiger partial charge in [0.25, 0.3) is 0 Å². The molecule has 1 rings (SSSR count). The van der Waals surface area contributed by atoms with Gasteiger partial charge in [0.1, 0.15) is 5.75 Å². The van der Waals surface area contributed by atoms with Crippen LogP contribution in [-0.2, 0) is 9.53 Å². The van der Waals surface area contributed by atoms with E-state index in [1.54, 1.807) is 19.2 Å². The molecule has 0 heterocycles. The first-order valence-corrected chi connectivity index (χ1v) is 6.27. The van der Waals surface area contributed by atoms with Gasteiger partial charge in [-0.3, -0.25) is 4.79 Å². The van der Waals surface area contributed by atoms with Crippen LogP contribution in [0.15, 0.2) is 23.1 Å². The number of ether oxygens (including phenoxy) is 2. The molecule has 0 spiro atoms. The zero-order valence-corrected chi connectivity index (χ0v) is 11.0. The topological polar surface area (TPSA) is 61.5 Å². The van der Waals surface area contributed by atoms with Crippen LogP contribution in [0.2, 0.25) is 0 Å². The molecule has 0 aliphatic rings. The fraction of sp³-hybridized carbons (Fsp3) is 0.417. The third kappa shape index (κ3) is 4.56. The summed E-state index contributed by atoms with van der Waals surface area (Å²) in [5, 5.41) is 0. The summed E-state index contributed by atoms with van der Waals surface area (Å²) in [7, 11) is 1.57. The molecule has 0 fully saturated rings. The van der Waals surface area contributed by atoms with E-state index in [9.17, 15) is 4.79 Å². The lowest BCUT2D eigenvalue weighted by molar-refractivity contribution is -0.144. The fourth-order valence-corrected chi connectivity index (χ4v) is 2.03. The molecule has 0 aliphatic heterocycles. The standard InChI is InChI=1S/C12H17NO3S/c1-8(2)16-12(14)7-17-11-5-4-9(13)6-10(11)15-3/h4-6,8H,7,13H2,1-3H3. The number of nitrogens with two attached hydrogens (primary N) is 1. The Morgan fingerprint density at radius 2 is 2.18 bits per heavy atom. The number of benzene rings is 1. The van der Waals surface area contributed by atoms with E-state index in [2.05, 4.69) is 0 Å². The minimum absolute atomic E-state index is 0.0867. The molecule has 1 aromatic rings. The van der Waals surface area contributed by atoms with Crippen LogP contribution in [0.25, 0.3) is 0 Å². The second-order valence-corrected chi connectivity index (χ2v) is 4.75. The number of thioether (sulfide) groups is 1. The van der Waals surface area contributed by atoms with Crippen molar-refractivity contribution in [1.82, 2.24) is 0 Å². The van der Waals surface area contributed by atoms with Crippen molar-refractivity contribution >= 4 is 23.4 Å². The van der Waals surface area contributed by atoms with Gasteiger partial charge in [-0.2, -0.15) is 0 Å². The molecule has 0 saturated heterocycles. The average Bonchev–Trinajstić information content (AvgIpc) is 2.26. The van der Waals surface area contributed by atoms with E-state index in [4.69, 9.17) is 15.2 Å². The van der Waals surface area contributed by atoms with Gasteiger partial charge in [-0.25, -0.2) is 0 Å². The van der Waals surface area contributed by atoms with Crippen LogP contribution < -0.4 is 10.5 Å². The SMILES string of the molecule is COc1cc(N)ccc1SCC(=O)OC(C)C. The van der Waals surface area contributed by atoms with Crippen molar-refractivity contribution in [2.45, 2.75) is 24.8 Å². The van der Waals surface area contributed by atoms with E-state index in [0.717, 1.165) is 4.90 Å². The van der Waals surface area contributed by atoms with Crippen LogP contribution in [-0.4, -0.2) is 24.9 Å². The lowest BCUT2D eigenvalue weighted by Crippen LogP contribution is -2.13. The first-order valence-electron chi connectivity index (χ1n) is 5.28. The Hall–Kier alpha value is -1.36. The van der Waals surface area contributed by atoms with Crippen molar-refractivity contribution in [3.8, 4) is 5.75 Å². The van der Waals surface area contributed by atoms with Gasteiger partial charge in [-0.05, 0) is 26.0 Å². The van der Waals surface area contributed by atoms with Crippen molar-refractivity contribution in [3.63, 3.8) is 0 Å². The monoisotopic (exact) mass is 255 g/mol. The van der Waals surface area contributed by atoms with Gasteiger partial charge >= 0.3 is 5.97 Å². The predicted octanol–water partition coefficient (Wildman–Crippen LogP) is 2.32. The summed E-state index contributed by atoms with van der Waals surface area (Å²) in [6, 6.07) is 5.34. The average molecular weight is 255 g/mol. The van der Waals surface area contributed by atoms with Crippen molar-refractivity contribution in [2.75, 3.05) is 18.6 Å². The molecule has 0 aromatic heterocycles. The Bertz CT molecular complexity index is 393. The molecule has 0 amide bonds. The molecule has 5 heteroatoms. The fourth-order valence-electron chi connectivity index (χ4n) is 1.24. The van der Waals surface area contributed by atoms with Gasteiger partial charge in [0, 0.05) is 11.8 Å². The summed E-state index contributed by atoms with van der Waals surface area (Å²) in [4.78, 5) is 12.3. The second kappa shape index (κ2) is 6.39. The van der Waals surface area contributed by atoms with E-state index in [0.29, 0.717) is 11.4 Å². The van der Waals surface area contributed by atoms with Crippen LogP contribution >= 0.6 is 11.8 Å². The number of nitrogen functional groups attached to an aromatic ring is 1. The molecule has 2 N–H and O–H groups in total. The van der Waals surface area contributed by atoms with Crippen molar-refractivity contribution in [2.24, 2.45) is 0 Å². The van der Waals surface area contributed by atoms with Crippen LogP contribution in [0, 0.1) is 0 Å². The molecule has 4 nitrogen and oxygen atoms in total. The lowest BCUT2D eigenvalue weighted by Gasteiger charge is -2.10. The predicted molar refractivity (Wildman–Crippen MR) is 69.4 cm³/mol. The maximum Gasteiger partial charge on any atom is 0.316 e. The van der Waals surface area contributed by atoms with Crippen LogP contribution in [0.4, 0.5) is 5.69 Å². The van der Waals surface area contributed by atoms with E-state index in [-0.39, 0.29) is 17.8 Å². The Kier molecular flexibility index (Phi) is 5.15. The number of esters is 1. The number of carbonyl (C=O) groups is 1. The highest BCUT2D eigenvalue weighted by atomic mass is 32.2.